The number of para-hydroxylation sites is 2. The van der Waals surface area contributed by atoms with Crippen LogP contribution in [0.5, 0.6) is 0 Å². The normalized spacial score (nSPS) is 25.2. The van der Waals surface area contributed by atoms with Gasteiger partial charge in [-0.05, 0) is 37.4 Å². The lowest BCUT2D eigenvalue weighted by Gasteiger charge is -2.25. The van der Waals surface area contributed by atoms with E-state index in [2.05, 4.69) is 27.8 Å². The van der Waals surface area contributed by atoms with E-state index in [-0.39, 0.29) is 0 Å². The minimum absolute atomic E-state index is 0.532. The van der Waals surface area contributed by atoms with Gasteiger partial charge in [-0.15, -0.1) is 0 Å². The highest BCUT2D eigenvalue weighted by Gasteiger charge is 2.24. The van der Waals surface area contributed by atoms with Crippen LogP contribution in [0.15, 0.2) is 30.6 Å². The average Bonchev–Trinajstić information content (AvgIpc) is 2.69. The minimum Gasteiger partial charge on any atom is -0.330 e. The molecular weight excluding hydrogens is 222 g/mol. The second-order valence-corrected chi connectivity index (χ2v) is 5.34. The monoisotopic (exact) mass is 243 g/mol. The number of nitrogens with zero attached hydrogens (tertiary/aromatic N) is 2. The zero-order chi connectivity index (χ0) is 12.4. The first-order valence-corrected chi connectivity index (χ1v) is 7.02. The van der Waals surface area contributed by atoms with Crippen LogP contribution in [0.3, 0.4) is 0 Å². The molecule has 2 atom stereocenters. The molecule has 1 heterocycles. The fourth-order valence-corrected chi connectivity index (χ4v) is 3.25. The number of hydrogen-bond donors (Lipinski definition) is 1. The van der Waals surface area contributed by atoms with Gasteiger partial charge < -0.3 is 10.3 Å². The highest BCUT2D eigenvalue weighted by Crippen LogP contribution is 2.33. The number of imidazole rings is 1. The fourth-order valence-electron chi connectivity index (χ4n) is 3.25. The molecule has 0 amide bonds. The van der Waals surface area contributed by atoms with Gasteiger partial charge in [0.1, 0.15) is 0 Å². The summed E-state index contributed by atoms with van der Waals surface area (Å²) >= 11 is 0. The molecule has 0 bridgehead atoms. The van der Waals surface area contributed by atoms with Gasteiger partial charge in [0.15, 0.2) is 0 Å². The van der Waals surface area contributed by atoms with E-state index in [4.69, 9.17) is 5.73 Å². The van der Waals surface area contributed by atoms with E-state index in [9.17, 15) is 0 Å². The largest absolute Gasteiger partial charge is 0.330 e. The maximum absolute atomic E-state index is 5.98. The summed E-state index contributed by atoms with van der Waals surface area (Å²) < 4.78 is 2.36. The van der Waals surface area contributed by atoms with E-state index < -0.39 is 0 Å². The molecule has 0 saturated heterocycles. The van der Waals surface area contributed by atoms with E-state index in [1.807, 2.05) is 12.4 Å². The summed E-state index contributed by atoms with van der Waals surface area (Å²) in [6, 6.07) is 8.92. The minimum atomic E-state index is 0.532. The van der Waals surface area contributed by atoms with Gasteiger partial charge in [0.2, 0.25) is 0 Å². The first-order valence-electron chi connectivity index (χ1n) is 7.02. The molecule has 0 radical (unpaired) electrons. The van der Waals surface area contributed by atoms with E-state index in [1.165, 1.54) is 37.6 Å². The molecule has 0 spiro atoms. The zero-order valence-electron chi connectivity index (χ0n) is 10.8. The maximum Gasteiger partial charge on any atom is 0.0961 e. The third-order valence-electron chi connectivity index (χ3n) is 4.26. The Labute approximate surface area is 108 Å². The molecule has 18 heavy (non-hydrogen) atoms. The van der Waals surface area contributed by atoms with E-state index in [0.717, 1.165) is 12.1 Å². The van der Waals surface area contributed by atoms with Crippen molar-refractivity contribution in [1.29, 1.82) is 0 Å². The van der Waals surface area contributed by atoms with Crippen LogP contribution in [-0.4, -0.2) is 16.1 Å². The lowest BCUT2D eigenvalue weighted by Crippen LogP contribution is -2.25. The predicted molar refractivity (Wildman–Crippen MR) is 74.4 cm³/mol. The van der Waals surface area contributed by atoms with Crippen molar-refractivity contribution in [2.75, 3.05) is 6.54 Å². The quantitative estimate of drug-likeness (QED) is 0.824. The first-order chi connectivity index (χ1) is 8.90. The van der Waals surface area contributed by atoms with Crippen LogP contribution in [-0.2, 0) is 0 Å². The van der Waals surface area contributed by atoms with Crippen LogP contribution < -0.4 is 5.73 Å². The smallest absolute Gasteiger partial charge is 0.0961 e. The van der Waals surface area contributed by atoms with Gasteiger partial charge in [0.25, 0.3) is 0 Å². The summed E-state index contributed by atoms with van der Waals surface area (Å²) in [6.07, 6.45) is 8.48. The number of fused-ring (bicyclic) bond motifs is 1. The summed E-state index contributed by atoms with van der Waals surface area (Å²) in [5, 5.41) is 0. The summed E-state index contributed by atoms with van der Waals surface area (Å²) in [6.45, 7) is 0.789. The molecule has 2 aromatic rings. The van der Waals surface area contributed by atoms with Gasteiger partial charge in [-0.1, -0.05) is 31.4 Å². The average molecular weight is 243 g/mol. The summed E-state index contributed by atoms with van der Waals surface area (Å²) in [7, 11) is 0. The number of aromatic nitrogens is 2. The van der Waals surface area contributed by atoms with Crippen molar-refractivity contribution in [2.45, 2.75) is 38.1 Å². The van der Waals surface area contributed by atoms with Crippen molar-refractivity contribution in [2.24, 2.45) is 11.7 Å². The van der Waals surface area contributed by atoms with Crippen molar-refractivity contribution >= 4 is 11.0 Å². The molecule has 3 rings (SSSR count). The second kappa shape index (κ2) is 5.11. The Morgan fingerprint density at radius 1 is 1.17 bits per heavy atom. The number of nitrogens with two attached hydrogens (primary N) is 1. The Balaban J connectivity index is 2.00. The first kappa shape index (κ1) is 11.7. The Bertz CT molecular complexity index is 517. The van der Waals surface area contributed by atoms with Gasteiger partial charge in [-0.25, -0.2) is 4.98 Å². The fraction of sp³-hybridized carbons (Fsp3) is 0.533. The lowest BCUT2D eigenvalue weighted by molar-refractivity contribution is 0.323. The van der Waals surface area contributed by atoms with Crippen LogP contribution in [0.1, 0.15) is 38.1 Å². The van der Waals surface area contributed by atoms with Crippen LogP contribution >= 0.6 is 0 Å². The van der Waals surface area contributed by atoms with Gasteiger partial charge in [-0.3, -0.25) is 0 Å². The van der Waals surface area contributed by atoms with Gasteiger partial charge in [-0.2, -0.15) is 0 Å². The van der Waals surface area contributed by atoms with Gasteiger partial charge >= 0.3 is 0 Å². The highest BCUT2D eigenvalue weighted by molar-refractivity contribution is 5.75. The molecule has 1 aromatic carbocycles. The second-order valence-electron chi connectivity index (χ2n) is 5.34. The molecule has 3 heteroatoms. The highest BCUT2D eigenvalue weighted by atomic mass is 15.1. The Morgan fingerprint density at radius 3 is 2.89 bits per heavy atom. The molecule has 1 fully saturated rings. The molecule has 1 saturated carbocycles. The molecule has 3 nitrogen and oxygen atoms in total. The Kier molecular flexibility index (Phi) is 3.33. The standard InChI is InChI=1S/C15H21N3/c16-10-12-6-2-1-3-8-14(12)18-11-17-13-7-4-5-9-15(13)18/h4-5,7,9,11-12,14H,1-3,6,8,10,16H2. The third kappa shape index (κ3) is 2.03. The molecule has 96 valence electrons. The molecule has 1 aliphatic carbocycles. The van der Waals surface area contributed by atoms with E-state index >= 15 is 0 Å². The SMILES string of the molecule is NCC1CCCCCC1n1cnc2ccccc21. The van der Waals surface area contributed by atoms with Gasteiger partial charge in [0.05, 0.1) is 17.4 Å². The maximum atomic E-state index is 5.98. The molecule has 2 unspecified atom stereocenters. The van der Waals surface area contributed by atoms with Crippen molar-refractivity contribution < 1.29 is 0 Å². The Morgan fingerprint density at radius 2 is 2.00 bits per heavy atom. The van der Waals surface area contributed by atoms with Crippen LogP contribution in [0.25, 0.3) is 11.0 Å². The summed E-state index contributed by atoms with van der Waals surface area (Å²) in [4.78, 5) is 4.52. The Hall–Kier alpha value is -1.35. The molecular formula is C15H21N3. The lowest BCUT2D eigenvalue weighted by atomic mass is 9.94. The van der Waals surface area contributed by atoms with Gasteiger partial charge in [0, 0.05) is 6.04 Å². The molecule has 1 aromatic heterocycles. The summed E-state index contributed by atoms with van der Waals surface area (Å²) in [5.41, 5.74) is 8.33. The van der Waals surface area contributed by atoms with Crippen LogP contribution in [0, 0.1) is 5.92 Å². The van der Waals surface area contributed by atoms with Crippen molar-refractivity contribution in [3.8, 4) is 0 Å². The van der Waals surface area contributed by atoms with Crippen molar-refractivity contribution in [3.63, 3.8) is 0 Å². The van der Waals surface area contributed by atoms with E-state index in [1.54, 1.807) is 0 Å². The number of rotatable bonds is 2. The van der Waals surface area contributed by atoms with Crippen molar-refractivity contribution in [3.05, 3.63) is 30.6 Å². The van der Waals surface area contributed by atoms with E-state index in [0.29, 0.717) is 12.0 Å². The molecule has 2 N–H and O–H groups in total. The molecule has 0 aliphatic heterocycles. The predicted octanol–water partition coefficient (Wildman–Crippen LogP) is 3.12. The topological polar surface area (TPSA) is 43.8 Å². The molecule has 1 aliphatic rings. The number of hydrogen-bond acceptors (Lipinski definition) is 2. The number of benzene rings is 1. The van der Waals surface area contributed by atoms with Crippen molar-refractivity contribution in [1.82, 2.24) is 9.55 Å². The summed E-state index contributed by atoms with van der Waals surface area (Å²) in [5.74, 6) is 0.602. The third-order valence-corrected chi connectivity index (χ3v) is 4.26. The van der Waals surface area contributed by atoms with Crippen LogP contribution in [0.4, 0.5) is 0 Å². The zero-order valence-corrected chi connectivity index (χ0v) is 10.8. The van der Waals surface area contributed by atoms with Crippen LogP contribution in [0.2, 0.25) is 0 Å².